The Morgan fingerprint density at radius 2 is 1.88 bits per heavy atom. The van der Waals surface area contributed by atoms with Gasteiger partial charge in [0.2, 0.25) is 5.91 Å². The minimum atomic E-state index is -4.75. The first kappa shape index (κ1) is 22.5. The molecule has 4 rings (SSSR count). The van der Waals surface area contributed by atoms with Gasteiger partial charge in [-0.15, -0.1) is 0 Å². The van der Waals surface area contributed by atoms with E-state index in [0.29, 0.717) is 11.1 Å². The monoisotopic (exact) mass is 470 g/mol. The van der Waals surface area contributed by atoms with E-state index in [0.717, 1.165) is 0 Å². The predicted octanol–water partition coefficient (Wildman–Crippen LogP) is 4.73. The predicted molar refractivity (Wildman–Crippen MR) is 109 cm³/mol. The van der Waals surface area contributed by atoms with Crippen molar-refractivity contribution in [3.63, 3.8) is 0 Å². The highest BCUT2D eigenvalue weighted by Crippen LogP contribution is 2.44. The van der Waals surface area contributed by atoms with Crippen molar-refractivity contribution < 1.29 is 32.3 Å². The van der Waals surface area contributed by atoms with E-state index in [1.807, 2.05) is 0 Å². The SMILES string of the molecule is O=C1NC(c2cc(F)ccc2Cl)c2c(NC(=O)C3CCC(O)(C(F)(F)F)CC3)cccc21. The van der Waals surface area contributed by atoms with Crippen LogP contribution < -0.4 is 10.6 Å². The van der Waals surface area contributed by atoms with Crippen LogP contribution in [0, 0.1) is 11.7 Å². The number of rotatable bonds is 3. The maximum Gasteiger partial charge on any atom is 0.417 e. The molecule has 5 nitrogen and oxygen atoms in total. The van der Waals surface area contributed by atoms with Gasteiger partial charge in [-0.2, -0.15) is 13.2 Å². The van der Waals surface area contributed by atoms with E-state index in [-0.39, 0.29) is 29.1 Å². The molecule has 0 bridgehead atoms. The third-order valence-corrected chi connectivity index (χ3v) is 6.50. The molecule has 1 saturated carbocycles. The van der Waals surface area contributed by atoms with E-state index in [4.69, 9.17) is 11.6 Å². The van der Waals surface area contributed by atoms with Crippen LogP contribution in [0.2, 0.25) is 5.02 Å². The van der Waals surface area contributed by atoms with Crippen LogP contribution in [0.3, 0.4) is 0 Å². The fourth-order valence-corrected chi connectivity index (χ4v) is 4.54. The molecule has 0 radical (unpaired) electrons. The van der Waals surface area contributed by atoms with E-state index < -0.39 is 54.2 Å². The minimum absolute atomic E-state index is 0.132. The van der Waals surface area contributed by atoms with Gasteiger partial charge in [-0.1, -0.05) is 17.7 Å². The summed E-state index contributed by atoms with van der Waals surface area (Å²) in [5.74, 6) is -2.21. The van der Waals surface area contributed by atoms with E-state index in [1.165, 1.54) is 18.2 Å². The molecule has 2 aromatic rings. The van der Waals surface area contributed by atoms with Gasteiger partial charge in [0.1, 0.15) is 5.82 Å². The molecule has 1 atom stereocenters. The number of anilines is 1. The maximum atomic E-state index is 13.8. The van der Waals surface area contributed by atoms with Crippen molar-refractivity contribution >= 4 is 29.1 Å². The Bertz CT molecular complexity index is 1080. The van der Waals surface area contributed by atoms with Gasteiger partial charge in [-0.05, 0) is 56.0 Å². The number of aliphatic hydroxyl groups is 1. The summed E-state index contributed by atoms with van der Waals surface area (Å²) in [5.41, 5.74) is -1.50. The highest BCUT2D eigenvalue weighted by atomic mass is 35.5. The third kappa shape index (κ3) is 3.95. The molecule has 1 unspecified atom stereocenters. The lowest BCUT2D eigenvalue weighted by atomic mass is 9.78. The Labute approximate surface area is 185 Å². The average molecular weight is 471 g/mol. The van der Waals surface area contributed by atoms with Gasteiger partial charge in [0.25, 0.3) is 5.91 Å². The average Bonchev–Trinajstić information content (AvgIpc) is 3.07. The number of benzene rings is 2. The summed E-state index contributed by atoms with van der Waals surface area (Å²) < 4.78 is 52.9. The van der Waals surface area contributed by atoms with E-state index >= 15 is 0 Å². The smallest absolute Gasteiger partial charge is 0.380 e. The highest BCUT2D eigenvalue weighted by molar-refractivity contribution is 6.31. The second-order valence-corrected chi connectivity index (χ2v) is 8.54. The normalized spacial score (nSPS) is 25.2. The number of nitrogens with one attached hydrogen (secondary N) is 2. The third-order valence-electron chi connectivity index (χ3n) is 6.15. The van der Waals surface area contributed by atoms with E-state index in [9.17, 15) is 32.3 Å². The molecule has 32 heavy (non-hydrogen) atoms. The molecule has 170 valence electrons. The van der Waals surface area contributed by atoms with E-state index in [2.05, 4.69) is 10.6 Å². The molecule has 1 fully saturated rings. The minimum Gasteiger partial charge on any atom is -0.380 e. The summed E-state index contributed by atoms with van der Waals surface area (Å²) >= 11 is 6.21. The first-order valence-corrected chi connectivity index (χ1v) is 10.4. The Kier molecular flexibility index (Phi) is 5.67. The Morgan fingerprint density at radius 3 is 2.53 bits per heavy atom. The van der Waals surface area contributed by atoms with Gasteiger partial charge < -0.3 is 15.7 Å². The van der Waals surface area contributed by atoms with Crippen LogP contribution in [-0.4, -0.2) is 28.7 Å². The molecular formula is C22H19ClF4N2O3. The summed E-state index contributed by atoms with van der Waals surface area (Å²) in [4.78, 5) is 25.3. The summed E-state index contributed by atoms with van der Waals surface area (Å²) in [6.45, 7) is 0. The molecule has 2 aromatic carbocycles. The van der Waals surface area contributed by atoms with Crippen molar-refractivity contribution in [2.45, 2.75) is 43.5 Å². The standard InChI is InChI=1S/C22H19ClF4N2O3/c23-15-5-4-12(24)10-14(15)18-17-13(20(31)29-18)2-1-3-16(17)28-19(30)11-6-8-21(32,9-7-11)22(25,26)27/h1-5,10-11,18,32H,6-9H2,(H,28,30)(H,29,31). The number of alkyl halides is 3. The molecule has 0 spiro atoms. The number of hydrogen-bond acceptors (Lipinski definition) is 3. The summed E-state index contributed by atoms with van der Waals surface area (Å²) in [6.07, 6.45) is -6.15. The Morgan fingerprint density at radius 1 is 1.19 bits per heavy atom. The first-order valence-electron chi connectivity index (χ1n) is 9.99. The number of amides is 2. The largest absolute Gasteiger partial charge is 0.417 e. The highest BCUT2D eigenvalue weighted by Gasteiger charge is 2.55. The second kappa shape index (κ2) is 8.04. The van der Waals surface area contributed by atoms with Crippen LogP contribution in [0.4, 0.5) is 23.2 Å². The molecule has 1 aliphatic carbocycles. The summed E-state index contributed by atoms with van der Waals surface area (Å²) in [7, 11) is 0. The quantitative estimate of drug-likeness (QED) is 0.567. The van der Waals surface area contributed by atoms with Gasteiger partial charge in [0.15, 0.2) is 5.60 Å². The fraction of sp³-hybridized carbons (Fsp3) is 0.364. The van der Waals surface area contributed by atoms with Crippen LogP contribution in [0.5, 0.6) is 0 Å². The lowest BCUT2D eigenvalue weighted by Crippen LogP contribution is -2.48. The van der Waals surface area contributed by atoms with Crippen molar-refractivity contribution in [2.24, 2.45) is 5.92 Å². The number of carbonyl (C=O) groups is 2. The lowest BCUT2D eigenvalue weighted by Gasteiger charge is -2.36. The molecule has 2 aliphatic rings. The number of halogens is 5. The van der Waals surface area contributed by atoms with Crippen molar-refractivity contribution in [2.75, 3.05) is 5.32 Å². The van der Waals surface area contributed by atoms with Gasteiger partial charge >= 0.3 is 6.18 Å². The fourth-order valence-electron chi connectivity index (χ4n) is 4.31. The van der Waals surface area contributed by atoms with Crippen molar-refractivity contribution in [3.05, 3.63) is 63.9 Å². The van der Waals surface area contributed by atoms with Gasteiger partial charge in [-0.3, -0.25) is 9.59 Å². The molecular weight excluding hydrogens is 452 g/mol. The van der Waals surface area contributed by atoms with Crippen molar-refractivity contribution in [3.8, 4) is 0 Å². The molecule has 2 amide bonds. The lowest BCUT2D eigenvalue weighted by molar-refractivity contribution is -0.271. The summed E-state index contributed by atoms with van der Waals surface area (Å²) in [6, 6.07) is 7.61. The van der Waals surface area contributed by atoms with Crippen LogP contribution in [0.1, 0.15) is 53.2 Å². The first-order chi connectivity index (χ1) is 15.0. The zero-order valence-corrected chi connectivity index (χ0v) is 17.4. The van der Waals surface area contributed by atoms with Gasteiger partial charge in [0.05, 0.1) is 6.04 Å². The molecule has 3 N–H and O–H groups in total. The maximum absolute atomic E-state index is 13.8. The Hall–Kier alpha value is -2.65. The number of carbonyl (C=O) groups excluding carboxylic acids is 2. The second-order valence-electron chi connectivity index (χ2n) is 8.13. The van der Waals surface area contributed by atoms with Crippen molar-refractivity contribution in [1.29, 1.82) is 0 Å². The summed E-state index contributed by atoms with van der Waals surface area (Å²) in [5, 5.41) is 15.5. The zero-order valence-electron chi connectivity index (χ0n) is 16.6. The molecule has 0 aromatic heterocycles. The van der Waals surface area contributed by atoms with E-state index in [1.54, 1.807) is 18.2 Å². The molecule has 1 aliphatic heterocycles. The van der Waals surface area contributed by atoms with Gasteiger partial charge in [-0.25, -0.2) is 4.39 Å². The van der Waals surface area contributed by atoms with Crippen LogP contribution >= 0.6 is 11.6 Å². The molecule has 10 heteroatoms. The number of hydrogen-bond donors (Lipinski definition) is 3. The van der Waals surface area contributed by atoms with Crippen molar-refractivity contribution in [1.82, 2.24) is 5.32 Å². The zero-order chi connectivity index (χ0) is 23.3. The molecule has 1 heterocycles. The van der Waals surface area contributed by atoms with Gasteiger partial charge in [0, 0.05) is 33.3 Å². The van der Waals surface area contributed by atoms with Crippen LogP contribution in [0.15, 0.2) is 36.4 Å². The van der Waals surface area contributed by atoms with Crippen LogP contribution in [-0.2, 0) is 4.79 Å². The Balaban J connectivity index is 1.59. The number of fused-ring (bicyclic) bond motifs is 1. The molecule has 0 saturated heterocycles. The topological polar surface area (TPSA) is 78.4 Å². The van der Waals surface area contributed by atoms with Crippen LogP contribution in [0.25, 0.3) is 0 Å².